The first kappa shape index (κ1) is 14.5. The van der Waals surface area contributed by atoms with E-state index in [0.717, 1.165) is 0 Å². The van der Waals surface area contributed by atoms with Crippen molar-refractivity contribution in [2.24, 2.45) is 0 Å². The lowest BCUT2D eigenvalue weighted by molar-refractivity contribution is -0.383. The van der Waals surface area contributed by atoms with Gasteiger partial charge in [-0.1, -0.05) is 18.2 Å². The van der Waals surface area contributed by atoms with Gasteiger partial charge in [-0.05, 0) is 24.3 Å². The molecule has 3 aromatic rings. The minimum Gasteiger partial charge on any atom is -0.481 e. The smallest absolute Gasteiger partial charge is 0.277 e. The summed E-state index contributed by atoms with van der Waals surface area (Å²) >= 11 is 0. The number of benzene rings is 2. The number of nitriles is 1. The van der Waals surface area contributed by atoms with Crippen LogP contribution in [0.4, 0.5) is 5.69 Å². The zero-order chi connectivity index (χ0) is 16.4. The molecule has 0 saturated heterocycles. The van der Waals surface area contributed by atoms with Gasteiger partial charge < -0.3 is 4.74 Å². The van der Waals surface area contributed by atoms with Crippen LogP contribution in [0.25, 0.3) is 22.0 Å². The van der Waals surface area contributed by atoms with E-state index in [4.69, 9.17) is 10.00 Å². The van der Waals surface area contributed by atoms with E-state index in [2.05, 4.69) is 11.1 Å². The number of hydrogen-bond acceptors (Lipinski definition) is 5. The van der Waals surface area contributed by atoms with Crippen molar-refractivity contribution in [2.75, 3.05) is 7.11 Å². The van der Waals surface area contributed by atoms with Crippen molar-refractivity contribution in [3.63, 3.8) is 0 Å². The van der Waals surface area contributed by atoms with Crippen molar-refractivity contribution >= 4 is 16.5 Å². The van der Waals surface area contributed by atoms with Crippen LogP contribution in [0, 0.1) is 21.4 Å². The molecular formula is C17H11N3O3. The molecule has 0 aliphatic rings. The minimum absolute atomic E-state index is 0.0131. The molecule has 0 aliphatic carbocycles. The lowest BCUT2D eigenvalue weighted by Gasteiger charge is -2.09. The first-order valence-corrected chi connectivity index (χ1v) is 6.76. The molecule has 0 N–H and O–H groups in total. The average molecular weight is 305 g/mol. The topological polar surface area (TPSA) is 89.0 Å². The quantitative estimate of drug-likeness (QED) is 0.544. The van der Waals surface area contributed by atoms with Crippen molar-refractivity contribution in [1.82, 2.24) is 4.98 Å². The van der Waals surface area contributed by atoms with Crippen LogP contribution < -0.4 is 4.74 Å². The fourth-order valence-electron chi connectivity index (χ4n) is 2.44. The van der Waals surface area contributed by atoms with E-state index >= 15 is 0 Å². The summed E-state index contributed by atoms with van der Waals surface area (Å²) in [7, 11) is 1.47. The Bertz CT molecular complexity index is 961. The second-order valence-corrected chi connectivity index (χ2v) is 4.84. The van der Waals surface area contributed by atoms with Crippen molar-refractivity contribution < 1.29 is 9.66 Å². The van der Waals surface area contributed by atoms with Gasteiger partial charge in [0.05, 0.1) is 40.1 Å². The molecule has 1 heterocycles. The molecule has 6 nitrogen and oxygen atoms in total. The fourth-order valence-corrected chi connectivity index (χ4v) is 2.44. The molecule has 3 rings (SSSR count). The predicted molar refractivity (Wildman–Crippen MR) is 85.1 cm³/mol. The molecule has 0 unspecified atom stereocenters. The number of hydrogen-bond donors (Lipinski definition) is 0. The summed E-state index contributed by atoms with van der Waals surface area (Å²) < 4.78 is 5.28. The summed E-state index contributed by atoms with van der Waals surface area (Å²) in [4.78, 5) is 15.2. The van der Waals surface area contributed by atoms with Crippen LogP contribution in [0.1, 0.15) is 5.56 Å². The molecule has 0 fully saturated rings. The lowest BCUT2D eigenvalue weighted by Crippen LogP contribution is -1.96. The maximum atomic E-state index is 11.3. The zero-order valence-corrected chi connectivity index (χ0v) is 12.2. The molecule has 0 aliphatic heterocycles. The molecule has 0 saturated carbocycles. The Balaban J connectivity index is 2.32. The van der Waals surface area contributed by atoms with Gasteiger partial charge in [0.15, 0.2) is 0 Å². The van der Waals surface area contributed by atoms with E-state index in [-0.39, 0.29) is 5.69 Å². The standard InChI is InChI=1S/C17H11N3O3/c1-23-17-13-6-3-7-16(20(21)22)14(13)9-15(19-17)12-5-2-4-11(8-12)10-18/h2-9H,1H3. The van der Waals surface area contributed by atoms with E-state index < -0.39 is 4.92 Å². The Kier molecular flexibility index (Phi) is 3.61. The molecule has 6 heteroatoms. The van der Waals surface area contributed by atoms with Crippen LogP contribution in [0.3, 0.4) is 0 Å². The van der Waals surface area contributed by atoms with E-state index in [1.165, 1.54) is 13.2 Å². The molecular weight excluding hydrogens is 294 g/mol. The van der Waals surface area contributed by atoms with Gasteiger partial charge in [-0.2, -0.15) is 5.26 Å². The summed E-state index contributed by atoms with van der Waals surface area (Å²) in [5.74, 6) is 0.309. The van der Waals surface area contributed by atoms with Gasteiger partial charge in [-0.25, -0.2) is 4.98 Å². The Hall–Kier alpha value is -3.46. The molecule has 1 aromatic heterocycles. The number of rotatable bonds is 3. The van der Waals surface area contributed by atoms with Crippen molar-refractivity contribution in [1.29, 1.82) is 5.26 Å². The molecule has 23 heavy (non-hydrogen) atoms. The van der Waals surface area contributed by atoms with E-state index in [1.807, 2.05) is 0 Å². The Morgan fingerprint density at radius 1 is 1.17 bits per heavy atom. The number of non-ortho nitro benzene ring substituents is 1. The largest absolute Gasteiger partial charge is 0.481 e. The Labute approximate surface area is 131 Å². The average Bonchev–Trinajstić information content (AvgIpc) is 2.60. The number of pyridine rings is 1. The summed E-state index contributed by atoms with van der Waals surface area (Å²) in [5.41, 5.74) is 1.69. The monoisotopic (exact) mass is 305 g/mol. The maximum Gasteiger partial charge on any atom is 0.277 e. The summed E-state index contributed by atoms with van der Waals surface area (Å²) in [5, 5.41) is 21.3. The highest BCUT2D eigenvalue weighted by molar-refractivity contribution is 5.96. The predicted octanol–water partition coefficient (Wildman–Crippen LogP) is 3.69. The van der Waals surface area contributed by atoms with Crippen LogP contribution >= 0.6 is 0 Å². The third-order valence-corrected chi connectivity index (χ3v) is 3.49. The number of nitro benzene ring substituents is 1. The highest BCUT2D eigenvalue weighted by Crippen LogP contribution is 2.34. The number of ether oxygens (including phenoxy) is 1. The van der Waals surface area contributed by atoms with Crippen LogP contribution in [0.15, 0.2) is 48.5 Å². The van der Waals surface area contributed by atoms with Crippen LogP contribution in [0.5, 0.6) is 5.88 Å². The van der Waals surface area contributed by atoms with Gasteiger partial charge in [0.25, 0.3) is 5.69 Å². The highest BCUT2D eigenvalue weighted by atomic mass is 16.6. The highest BCUT2D eigenvalue weighted by Gasteiger charge is 2.17. The lowest BCUT2D eigenvalue weighted by atomic mass is 10.0. The number of nitrogens with zero attached hydrogens (tertiary/aromatic N) is 3. The summed E-state index contributed by atoms with van der Waals surface area (Å²) in [6, 6.07) is 15.4. The van der Waals surface area contributed by atoms with Crippen molar-refractivity contribution in [2.45, 2.75) is 0 Å². The van der Waals surface area contributed by atoms with Crippen LogP contribution in [-0.4, -0.2) is 17.0 Å². The number of methoxy groups -OCH3 is 1. The maximum absolute atomic E-state index is 11.3. The van der Waals surface area contributed by atoms with Gasteiger partial charge in [-0.3, -0.25) is 10.1 Å². The van der Waals surface area contributed by atoms with Gasteiger partial charge >= 0.3 is 0 Å². The molecule has 0 amide bonds. The molecule has 0 atom stereocenters. The molecule has 0 bridgehead atoms. The number of nitro groups is 1. The molecule has 0 spiro atoms. The summed E-state index contributed by atoms with van der Waals surface area (Å²) in [6.07, 6.45) is 0. The third kappa shape index (κ3) is 2.56. The molecule has 2 aromatic carbocycles. The van der Waals surface area contributed by atoms with E-state index in [9.17, 15) is 10.1 Å². The first-order chi connectivity index (χ1) is 11.1. The number of fused-ring (bicyclic) bond motifs is 1. The van der Waals surface area contributed by atoms with Crippen LogP contribution in [-0.2, 0) is 0 Å². The van der Waals surface area contributed by atoms with Crippen molar-refractivity contribution in [3.8, 4) is 23.2 Å². The van der Waals surface area contributed by atoms with Gasteiger partial charge in [0.1, 0.15) is 0 Å². The molecule has 0 radical (unpaired) electrons. The second-order valence-electron chi connectivity index (χ2n) is 4.84. The SMILES string of the molecule is COc1nc(-c2cccc(C#N)c2)cc2c([N+](=O)[O-])cccc12. The summed E-state index contributed by atoms with van der Waals surface area (Å²) in [6.45, 7) is 0. The van der Waals surface area contributed by atoms with Gasteiger partial charge in [0.2, 0.25) is 5.88 Å². The van der Waals surface area contributed by atoms with E-state index in [1.54, 1.807) is 42.5 Å². The second kappa shape index (κ2) is 5.73. The third-order valence-electron chi connectivity index (χ3n) is 3.49. The minimum atomic E-state index is -0.433. The van der Waals surface area contributed by atoms with Gasteiger partial charge in [0, 0.05) is 11.6 Å². The normalized spacial score (nSPS) is 10.3. The molecule has 112 valence electrons. The Morgan fingerprint density at radius 2 is 1.96 bits per heavy atom. The van der Waals surface area contributed by atoms with Gasteiger partial charge in [-0.15, -0.1) is 0 Å². The zero-order valence-electron chi connectivity index (χ0n) is 12.2. The fraction of sp³-hybridized carbons (Fsp3) is 0.0588. The first-order valence-electron chi connectivity index (χ1n) is 6.76. The van der Waals surface area contributed by atoms with Crippen LogP contribution in [0.2, 0.25) is 0 Å². The Morgan fingerprint density at radius 3 is 2.65 bits per heavy atom. The van der Waals surface area contributed by atoms with E-state index in [0.29, 0.717) is 33.5 Å². The van der Waals surface area contributed by atoms with Crippen molar-refractivity contribution in [3.05, 3.63) is 64.2 Å². The number of aromatic nitrogens is 1.